The van der Waals surface area contributed by atoms with Crippen LogP contribution in [0.25, 0.3) is 0 Å². The van der Waals surface area contributed by atoms with Crippen LogP contribution in [0.2, 0.25) is 5.82 Å². The fraction of sp³-hybridized carbons (Fsp3) is 0.478. The number of anilines is 1. The molecule has 0 bridgehead atoms. The molecule has 14 heteroatoms. The van der Waals surface area contributed by atoms with E-state index in [0.717, 1.165) is 17.6 Å². The lowest BCUT2D eigenvalue weighted by atomic mass is 9.64. The largest absolute Gasteiger partial charge is 0.535 e. The van der Waals surface area contributed by atoms with Crippen molar-refractivity contribution in [3.8, 4) is 5.75 Å². The van der Waals surface area contributed by atoms with Crippen LogP contribution in [-0.2, 0) is 26.0 Å². The minimum atomic E-state index is -3.33. The smallest absolute Gasteiger partial charge is 0.526 e. The van der Waals surface area contributed by atoms with Gasteiger partial charge in [-0.25, -0.2) is 17.7 Å². The van der Waals surface area contributed by atoms with Gasteiger partial charge in [0.25, 0.3) is 0 Å². The number of ketones is 2. The maximum atomic E-state index is 13.5. The molecule has 4 N–H and O–H groups in total. The van der Waals surface area contributed by atoms with Gasteiger partial charge >= 0.3 is 7.12 Å². The summed E-state index contributed by atoms with van der Waals surface area (Å²) in [4.78, 5) is 42.7. The second kappa shape index (κ2) is 10.9. The number of benzene rings is 1. The van der Waals surface area contributed by atoms with Crippen molar-refractivity contribution in [1.82, 2.24) is 14.6 Å². The minimum absolute atomic E-state index is 0.111. The number of rotatable bonds is 8. The first-order chi connectivity index (χ1) is 17.4. The van der Waals surface area contributed by atoms with Crippen molar-refractivity contribution in [2.24, 2.45) is 5.92 Å². The van der Waals surface area contributed by atoms with E-state index < -0.39 is 34.9 Å². The number of thiazole rings is 1. The molecule has 0 radical (unpaired) electrons. The summed E-state index contributed by atoms with van der Waals surface area (Å²) >= 11 is 1.14. The Morgan fingerprint density at radius 2 is 2.03 bits per heavy atom. The summed E-state index contributed by atoms with van der Waals surface area (Å²) in [5.74, 6) is -1.66. The molecule has 0 saturated carbocycles. The molecule has 3 heterocycles. The van der Waals surface area contributed by atoms with Gasteiger partial charge in [-0.3, -0.25) is 14.4 Å². The van der Waals surface area contributed by atoms with Crippen LogP contribution in [0.1, 0.15) is 53.8 Å². The van der Waals surface area contributed by atoms with Gasteiger partial charge in [0.05, 0.1) is 17.5 Å². The van der Waals surface area contributed by atoms with E-state index in [0.29, 0.717) is 41.8 Å². The second-order valence-corrected chi connectivity index (χ2v) is 12.4. The first-order valence-corrected chi connectivity index (χ1v) is 14.6. The van der Waals surface area contributed by atoms with E-state index in [2.05, 4.69) is 10.3 Å². The highest BCUT2D eigenvalue weighted by molar-refractivity contribution is 7.88. The number of amides is 1. The van der Waals surface area contributed by atoms with E-state index >= 15 is 0 Å². The molecule has 1 saturated heterocycles. The van der Waals surface area contributed by atoms with Gasteiger partial charge in [0.15, 0.2) is 16.7 Å². The molecule has 1 fully saturated rings. The lowest BCUT2D eigenvalue weighted by Crippen LogP contribution is -2.45. The molecule has 4 rings (SSSR count). The Labute approximate surface area is 219 Å². The van der Waals surface area contributed by atoms with Crippen molar-refractivity contribution in [3.05, 3.63) is 40.4 Å². The zero-order valence-corrected chi connectivity index (χ0v) is 22.2. The van der Waals surface area contributed by atoms with E-state index in [9.17, 15) is 27.8 Å². The van der Waals surface area contributed by atoms with Gasteiger partial charge in [-0.2, -0.15) is 0 Å². The third kappa shape index (κ3) is 6.20. The second-order valence-electron chi connectivity index (χ2n) is 9.48. The van der Waals surface area contributed by atoms with Crippen molar-refractivity contribution in [3.63, 3.8) is 0 Å². The van der Waals surface area contributed by atoms with Crippen LogP contribution in [-0.4, -0.2) is 66.7 Å². The number of aromatic nitrogens is 1. The number of hydrogen-bond donors (Lipinski definition) is 3. The minimum Gasteiger partial charge on any atom is -0.535 e. The number of nitrogens with one attached hydrogen (secondary N) is 1. The van der Waals surface area contributed by atoms with E-state index in [1.54, 1.807) is 23.6 Å². The molecule has 1 unspecified atom stereocenters. The fourth-order valence-corrected chi connectivity index (χ4v) is 6.24. The number of piperidine rings is 1. The van der Waals surface area contributed by atoms with Gasteiger partial charge in [-0.1, -0.05) is 12.1 Å². The lowest BCUT2D eigenvalue weighted by molar-refractivity contribution is -0.131. The summed E-state index contributed by atoms with van der Waals surface area (Å²) in [6.45, 7) is 1.87. The number of carbonyl (C=O) groups excluding carboxylic acids is 3. The Balaban J connectivity index is 1.48. The monoisotopic (exact) mass is 548 g/mol. The molecule has 198 valence electrons. The van der Waals surface area contributed by atoms with Crippen LogP contribution < -0.4 is 15.7 Å². The first-order valence-electron chi connectivity index (χ1n) is 11.9. The number of hydrogen-bond acceptors (Lipinski definition) is 10. The van der Waals surface area contributed by atoms with Gasteiger partial charge in [-0.05, 0) is 37.8 Å². The number of Topliss-reactive ketones (excluding diaryl/α,β-unsaturated/α-hetero) is 2. The molecule has 1 aromatic heterocycles. The van der Waals surface area contributed by atoms with Crippen LogP contribution >= 0.6 is 11.3 Å². The number of nitrogens with zero attached hydrogens (tertiary/aromatic N) is 2. The molecular formula is C23H29BN4O7S2. The summed E-state index contributed by atoms with van der Waals surface area (Å²) in [7, 11) is -4.64. The van der Waals surface area contributed by atoms with E-state index in [1.807, 2.05) is 0 Å². The van der Waals surface area contributed by atoms with Crippen molar-refractivity contribution < 1.29 is 32.5 Å². The molecule has 2 aromatic rings. The van der Waals surface area contributed by atoms with Crippen LogP contribution in [0, 0.1) is 5.92 Å². The molecular weight excluding hydrogens is 519 g/mol. The zero-order valence-electron chi connectivity index (χ0n) is 20.5. The predicted octanol–water partition coefficient (Wildman–Crippen LogP) is 1.20. The molecule has 2 aliphatic heterocycles. The zero-order chi connectivity index (χ0) is 26.9. The number of sulfonamides is 1. The van der Waals surface area contributed by atoms with Crippen molar-refractivity contribution >= 4 is 51.1 Å². The van der Waals surface area contributed by atoms with Gasteiger partial charge in [0.1, 0.15) is 11.8 Å². The quantitative estimate of drug-likeness (QED) is 0.324. The highest BCUT2D eigenvalue weighted by Crippen LogP contribution is 2.37. The summed E-state index contributed by atoms with van der Waals surface area (Å²) < 4.78 is 30.5. The average molecular weight is 548 g/mol. The van der Waals surface area contributed by atoms with Crippen molar-refractivity contribution in [2.75, 3.05) is 25.1 Å². The Kier molecular flexibility index (Phi) is 8.02. The third-order valence-electron chi connectivity index (χ3n) is 6.80. The average Bonchev–Trinajstić information content (AvgIpc) is 3.27. The van der Waals surface area contributed by atoms with Crippen molar-refractivity contribution in [1.29, 1.82) is 0 Å². The maximum absolute atomic E-state index is 13.5. The highest BCUT2D eigenvalue weighted by Gasteiger charge is 2.40. The third-order valence-corrected chi connectivity index (χ3v) is 8.80. The van der Waals surface area contributed by atoms with E-state index in [4.69, 9.17) is 10.4 Å². The SMILES string of the molecule is CC(=O)c1cccc2c1OB(O)[C@@H](CC(=O)C(NC(=O)C1CCN(S(C)(=O)=O)CC1)c1csc(N)n1)C2. The molecule has 1 amide bonds. The van der Waals surface area contributed by atoms with Crippen LogP contribution in [0.3, 0.4) is 0 Å². The Morgan fingerprint density at radius 3 is 2.62 bits per heavy atom. The normalized spacial score (nSPS) is 19.5. The van der Waals surface area contributed by atoms with E-state index in [-0.39, 0.29) is 42.1 Å². The first kappa shape index (κ1) is 27.2. The summed E-state index contributed by atoms with van der Waals surface area (Å²) in [6.07, 6.45) is 2.01. The van der Waals surface area contributed by atoms with Crippen molar-refractivity contribution in [2.45, 2.75) is 44.5 Å². The van der Waals surface area contributed by atoms with E-state index in [1.165, 1.54) is 11.2 Å². The molecule has 1 aromatic carbocycles. The maximum Gasteiger partial charge on any atom is 0.526 e. The molecule has 0 spiro atoms. The van der Waals surface area contributed by atoms with Crippen LogP contribution in [0.4, 0.5) is 5.13 Å². The number of para-hydroxylation sites is 1. The Bertz CT molecular complexity index is 1310. The van der Waals surface area contributed by atoms with Gasteiger partial charge in [0, 0.05) is 36.6 Å². The number of nitrogens with two attached hydrogens (primary N) is 1. The Hall–Kier alpha value is -2.81. The predicted molar refractivity (Wildman–Crippen MR) is 139 cm³/mol. The molecule has 2 aliphatic rings. The van der Waals surface area contributed by atoms with Gasteiger partial charge < -0.3 is 20.7 Å². The molecule has 11 nitrogen and oxygen atoms in total. The van der Waals surface area contributed by atoms with Gasteiger partial charge in [0.2, 0.25) is 15.9 Å². The summed E-state index contributed by atoms with van der Waals surface area (Å²) in [5, 5.41) is 15.3. The fourth-order valence-electron chi connectivity index (χ4n) is 4.77. The topological polar surface area (TPSA) is 169 Å². The standard InChI is InChI=1S/C23H29BN4O7S2/c1-13(29)17-5-3-4-15-10-16(24(32)35-21(15)17)11-19(30)20(18-12-36-23(25)26-18)27-22(31)14-6-8-28(9-7-14)37(2,33)34/h3-5,12,14,16,20,32H,6-11H2,1-2H3,(H2,25,26)(H,27,31)/t16-,20?/m1/s1. The molecule has 37 heavy (non-hydrogen) atoms. The van der Waals surface area contributed by atoms with Crippen LogP contribution in [0.5, 0.6) is 5.75 Å². The Morgan fingerprint density at radius 1 is 1.32 bits per heavy atom. The highest BCUT2D eigenvalue weighted by atomic mass is 32.2. The molecule has 0 aliphatic carbocycles. The van der Waals surface area contributed by atoms with Gasteiger partial charge in [-0.15, -0.1) is 11.3 Å². The summed E-state index contributed by atoms with van der Waals surface area (Å²) in [6, 6.07) is 4.06. The lowest BCUT2D eigenvalue weighted by Gasteiger charge is -2.31. The summed E-state index contributed by atoms with van der Waals surface area (Å²) in [5.41, 5.74) is 7.16. The van der Waals surface area contributed by atoms with Crippen LogP contribution in [0.15, 0.2) is 23.6 Å². The number of fused-ring (bicyclic) bond motifs is 1. The number of nitrogen functional groups attached to an aromatic ring is 1. The molecule has 2 atom stereocenters. The number of carbonyl (C=O) groups is 3.